The van der Waals surface area contributed by atoms with E-state index in [0.29, 0.717) is 17.8 Å². The molecule has 138 valence electrons. The van der Waals surface area contributed by atoms with Gasteiger partial charge in [0.05, 0.1) is 11.1 Å². The molecule has 3 heterocycles. The quantitative estimate of drug-likeness (QED) is 0.726. The fourth-order valence-electron chi connectivity index (χ4n) is 2.91. The second-order valence-electron chi connectivity index (χ2n) is 8.41. The number of aromatic nitrogens is 2. The summed E-state index contributed by atoms with van der Waals surface area (Å²) in [5.41, 5.74) is 3.82. The topological polar surface area (TPSA) is 76.9 Å². The Morgan fingerprint density at radius 2 is 2.00 bits per heavy atom. The van der Waals surface area contributed by atoms with Crippen molar-refractivity contribution >= 4 is 28.3 Å². The molecule has 2 aromatic rings. The average molecular weight is 351 g/mol. The Bertz CT molecular complexity index is 881. The van der Waals surface area contributed by atoms with Crippen LogP contribution >= 0.6 is 0 Å². The van der Waals surface area contributed by atoms with Crippen LogP contribution in [0.5, 0.6) is 0 Å². The molecular weight excluding hydrogens is 322 g/mol. The highest BCUT2D eigenvalue weighted by Gasteiger charge is 2.23. The van der Waals surface area contributed by atoms with Gasteiger partial charge in [-0.05, 0) is 30.4 Å². The number of nitrogens with zero attached hydrogens (tertiary/aromatic N) is 2. The van der Waals surface area contributed by atoms with Gasteiger partial charge in [-0.3, -0.25) is 5.41 Å². The first-order valence-electron chi connectivity index (χ1n) is 9.27. The largest absolute Gasteiger partial charge is 0.381 e. The Morgan fingerprint density at radius 3 is 2.69 bits per heavy atom. The van der Waals surface area contributed by atoms with Crippen LogP contribution in [-0.2, 0) is 0 Å². The standard InChI is InChI=1S/C21H29N5/c1-12-7-8-16(26-19(22)13(12)2)15-11-24-20-18(15)17(9-10-23-20)25-14(3)21(4,5)6/h7-14,22H,1-6H3,(H2,23,24,25). The van der Waals surface area contributed by atoms with E-state index in [0.717, 1.165) is 28.0 Å². The van der Waals surface area contributed by atoms with E-state index in [9.17, 15) is 0 Å². The summed E-state index contributed by atoms with van der Waals surface area (Å²) in [6.07, 6.45) is 7.94. The Kier molecular flexibility index (Phi) is 4.74. The molecule has 3 N–H and O–H groups in total. The summed E-state index contributed by atoms with van der Waals surface area (Å²) < 4.78 is 0. The molecule has 5 nitrogen and oxygen atoms in total. The van der Waals surface area contributed by atoms with E-state index in [1.54, 1.807) is 0 Å². The van der Waals surface area contributed by atoms with Crippen molar-refractivity contribution in [3.63, 3.8) is 0 Å². The molecule has 3 atom stereocenters. The van der Waals surface area contributed by atoms with E-state index >= 15 is 0 Å². The third-order valence-electron chi connectivity index (χ3n) is 5.54. The van der Waals surface area contributed by atoms with Crippen molar-refractivity contribution in [2.45, 2.75) is 47.6 Å². The van der Waals surface area contributed by atoms with Crippen LogP contribution in [0.2, 0.25) is 0 Å². The molecule has 26 heavy (non-hydrogen) atoms. The van der Waals surface area contributed by atoms with Gasteiger partial charge in [0.1, 0.15) is 11.5 Å². The Labute approximate surface area is 155 Å². The zero-order chi connectivity index (χ0) is 19.1. The number of hydrogen-bond donors (Lipinski definition) is 3. The van der Waals surface area contributed by atoms with Gasteiger partial charge >= 0.3 is 0 Å². The average Bonchev–Trinajstić information content (AvgIpc) is 2.96. The van der Waals surface area contributed by atoms with Gasteiger partial charge in [-0.15, -0.1) is 0 Å². The Balaban J connectivity index is 2.09. The molecule has 1 aliphatic heterocycles. The van der Waals surface area contributed by atoms with E-state index in [-0.39, 0.29) is 11.3 Å². The number of pyridine rings is 1. The predicted octanol–water partition coefficient (Wildman–Crippen LogP) is 5.02. The molecule has 2 aromatic heterocycles. The zero-order valence-electron chi connectivity index (χ0n) is 16.5. The fraction of sp³-hybridized carbons (Fsp3) is 0.476. The molecule has 0 saturated heterocycles. The SMILES string of the molecule is CC1C=CC(c2c[nH]c3nccc(NC(C)C(C)(C)C)c23)=NC(=N)C1C. The van der Waals surface area contributed by atoms with Crippen molar-refractivity contribution in [3.05, 3.63) is 36.2 Å². The van der Waals surface area contributed by atoms with Gasteiger partial charge in [-0.2, -0.15) is 0 Å². The van der Waals surface area contributed by atoms with Crippen molar-refractivity contribution in [2.75, 3.05) is 5.32 Å². The van der Waals surface area contributed by atoms with Crippen molar-refractivity contribution in [2.24, 2.45) is 22.2 Å². The lowest BCUT2D eigenvalue weighted by molar-refractivity contribution is 0.359. The fourth-order valence-corrected chi connectivity index (χ4v) is 2.91. The summed E-state index contributed by atoms with van der Waals surface area (Å²) in [5, 5.41) is 13.0. The zero-order valence-corrected chi connectivity index (χ0v) is 16.5. The molecular formula is C21H29N5. The van der Waals surface area contributed by atoms with Crippen LogP contribution in [0.1, 0.15) is 47.1 Å². The normalized spacial score (nSPS) is 22.2. The number of fused-ring (bicyclic) bond motifs is 1. The maximum absolute atomic E-state index is 8.29. The van der Waals surface area contributed by atoms with Crippen LogP contribution in [0, 0.1) is 22.7 Å². The summed E-state index contributed by atoms with van der Waals surface area (Å²) in [5.74, 6) is 0.837. The number of aromatic amines is 1. The Hall–Kier alpha value is -2.43. The van der Waals surface area contributed by atoms with E-state index in [4.69, 9.17) is 5.41 Å². The number of hydrogen-bond acceptors (Lipinski definition) is 3. The van der Waals surface area contributed by atoms with Crippen LogP contribution in [0.15, 0.2) is 35.6 Å². The van der Waals surface area contributed by atoms with Gasteiger partial charge < -0.3 is 10.3 Å². The molecule has 0 aliphatic carbocycles. The molecule has 5 heteroatoms. The van der Waals surface area contributed by atoms with E-state index in [1.165, 1.54) is 0 Å². The lowest BCUT2D eigenvalue weighted by Gasteiger charge is -2.29. The van der Waals surface area contributed by atoms with Crippen molar-refractivity contribution in [1.82, 2.24) is 9.97 Å². The van der Waals surface area contributed by atoms with E-state index in [2.05, 4.69) is 67.9 Å². The van der Waals surface area contributed by atoms with Crippen LogP contribution < -0.4 is 5.32 Å². The first-order chi connectivity index (χ1) is 12.2. The molecule has 3 rings (SSSR count). The number of nitrogens with one attached hydrogen (secondary N) is 3. The highest BCUT2D eigenvalue weighted by Crippen LogP contribution is 2.31. The second-order valence-corrected chi connectivity index (χ2v) is 8.41. The highest BCUT2D eigenvalue weighted by molar-refractivity contribution is 6.21. The lowest BCUT2D eigenvalue weighted by Crippen LogP contribution is -2.30. The minimum atomic E-state index is 0.116. The van der Waals surface area contributed by atoms with Crippen LogP contribution in [0.25, 0.3) is 11.0 Å². The molecule has 0 radical (unpaired) electrons. The third kappa shape index (κ3) is 3.43. The van der Waals surface area contributed by atoms with Crippen molar-refractivity contribution < 1.29 is 0 Å². The summed E-state index contributed by atoms with van der Waals surface area (Å²) in [6.45, 7) is 13.1. The van der Waals surface area contributed by atoms with E-state index < -0.39 is 0 Å². The Morgan fingerprint density at radius 1 is 1.27 bits per heavy atom. The number of rotatable bonds is 3. The van der Waals surface area contributed by atoms with E-state index in [1.807, 2.05) is 24.5 Å². The van der Waals surface area contributed by atoms with Gasteiger partial charge in [0, 0.05) is 35.6 Å². The molecule has 0 aromatic carbocycles. The summed E-state index contributed by atoms with van der Waals surface area (Å²) >= 11 is 0. The first kappa shape index (κ1) is 18.4. The molecule has 0 fully saturated rings. The van der Waals surface area contributed by atoms with Gasteiger partial charge in [0.15, 0.2) is 0 Å². The van der Waals surface area contributed by atoms with Crippen LogP contribution in [0.4, 0.5) is 5.69 Å². The molecule has 0 spiro atoms. The van der Waals surface area contributed by atoms with Gasteiger partial charge in [0.2, 0.25) is 0 Å². The maximum atomic E-state index is 8.29. The highest BCUT2D eigenvalue weighted by atomic mass is 15.0. The van der Waals surface area contributed by atoms with Crippen molar-refractivity contribution in [1.29, 1.82) is 5.41 Å². The third-order valence-corrected chi connectivity index (χ3v) is 5.54. The first-order valence-corrected chi connectivity index (χ1v) is 9.27. The second kappa shape index (κ2) is 6.71. The van der Waals surface area contributed by atoms with Crippen LogP contribution in [0.3, 0.4) is 0 Å². The monoisotopic (exact) mass is 351 g/mol. The minimum Gasteiger partial charge on any atom is -0.381 e. The molecule has 0 bridgehead atoms. The minimum absolute atomic E-state index is 0.116. The van der Waals surface area contributed by atoms with Crippen molar-refractivity contribution in [3.8, 4) is 0 Å². The molecule has 0 saturated carbocycles. The predicted molar refractivity (Wildman–Crippen MR) is 110 cm³/mol. The van der Waals surface area contributed by atoms with Gasteiger partial charge in [0.25, 0.3) is 0 Å². The molecule has 3 unspecified atom stereocenters. The maximum Gasteiger partial charge on any atom is 0.140 e. The number of H-pyrrole nitrogens is 1. The number of amidine groups is 1. The van der Waals surface area contributed by atoms with Gasteiger partial charge in [-0.1, -0.05) is 40.7 Å². The lowest BCUT2D eigenvalue weighted by atomic mass is 9.88. The van der Waals surface area contributed by atoms with Gasteiger partial charge in [-0.25, -0.2) is 9.98 Å². The number of aliphatic imine (C=N–C) groups is 1. The smallest absolute Gasteiger partial charge is 0.140 e. The summed E-state index contributed by atoms with van der Waals surface area (Å²) in [4.78, 5) is 12.3. The summed E-state index contributed by atoms with van der Waals surface area (Å²) in [7, 11) is 0. The molecule has 1 aliphatic rings. The van der Waals surface area contributed by atoms with Crippen LogP contribution in [-0.4, -0.2) is 27.6 Å². The number of anilines is 1. The molecule has 0 amide bonds. The summed E-state index contributed by atoms with van der Waals surface area (Å²) in [6, 6.07) is 2.31. The number of allylic oxidation sites excluding steroid dienone is 2.